The molecule has 3 heteroatoms. The zero-order valence-corrected chi connectivity index (χ0v) is 10.1. The molecular weight excluding hydrogens is 261 g/mol. The van der Waals surface area contributed by atoms with Crippen LogP contribution in [0.2, 0.25) is 5.02 Å². The van der Waals surface area contributed by atoms with Gasteiger partial charge in [-0.15, -0.1) is 0 Å². The van der Waals surface area contributed by atoms with E-state index in [0.717, 1.165) is 34.5 Å². The maximum absolute atomic E-state index is 6.10. The Kier molecular flexibility index (Phi) is 3.24. The minimum Gasteiger partial charge on any atom is -0.285 e. The fraction of sp³-hybridized carbons (Fsp3) is 0.364. The van der Waals surface area contributed by atoms with Gasteiger partial charge >= 0.3 is 0 Å². The molecule has 0 fully saturated rings. The predicted octanol–water partition coefficient (Wildman–Crippen LogP) is 3.69. The summed E-state index contributed by atoms with van der Waals surface area (Å²) >= 11 is 9.56. The number of nitrogens with zero attached hydrogens (tertiary/aromatic N) is 1. The van der Waals surface area contributed by atoms with Crippen LogP contribution in [0.15, 0.2) is 29.3 Å². The van der Waals surface area contributed by atoms with Crippen molar-refractivity contribution in [1.82, 2.24) is 0 Å². The average molecular weight is 273 g/mol. The van der Waals surface area contributed by atoms with Gasteiger partial charge in [0.25, 0.3) is 0 Å². The third kappa shape index (κ3) is 2.01. The first-order chi connectivity index (χ1) is 6.81. The topological polar surface area (TPSA) is 12.4 Å². The first kappa shape index (κ1) is 10.2. The van der Waals surface area contributed by atoms with E-state index in [1.165, 1.54) is 0 Å². The van der Waals surface area contributed by atoms with E-state index in [9.17, 15) is 0 Å². The Labute approximate surface area is 97.3 Å². The molecule has 0 aromatic heterocycles. The molecule has 0 N–H and O–H groups in total. The van der Waals surface area contributed by atoms with Crippen LogP contribution in [0.3, 0.4) is 0 Å². The second-order valence-corrected chi connectivity index (χ2v) is 4.46. The summed E-state index contributed by atoms with van der Waals surface area (Å²) in [5.41, 5.74) is 2.25. The molecule has 1 unspecified atom stereocenters. The van der Waals surface area contributed by atoms with Gasteiger partial charge in [-0.25, -0.2) is 0 Å². The third-order valence-electron chi connectivity index (χ3n) is 2.42. The highest BCUT2D eigenvalue weighted by atomic mass is 79.9. The highest BCUT2D eigenvalue weighted by molar-refractivity contribution is 9.09. The van der Waals surface area contributed by atoms with Gasteiger partial charge in [0.2, 0.25) is 0 Å². The fourth-order valence-electron chi connectivity index (χ4n) is 1.66. The molecule has 1 aliphatic heterocycles. The van der Waals surface area contributed by atoms with E-state index in [1.807, 2.05) is 24.3 Å². The molecular formula is C11H11BrClN. The van der Waals surface area contributed by atoms with Crippen LogP contribution in [0.1, 0.15) is 18.4 Å². The van der Waals surface area contributed by atoms with Crippen molar-refractivity contribution in [3.05, 3.63) is 34.9 Å². The van der Waals surface area contributed by atoms with Crippen LogP contribution in [0.25, 0.3) is 0 Å². The van der Waals surface area contributed by atoms with Gasteiger partial charge in [-0.05, 0) is 18.9 Å². The summed E-state index contributed by atoms with van der Waals surface area (Å²) in [4.78, 5) is 4.62. The fourth-order valence-corrected chi connectivity index (χ4v) is 2.38. The van der Waals surface area contributed by atoms with E-state index in [4.69, 9.17) is 11.6 Å². The van der Waals surface area contributed by atoms with Crippen LogP contribution in [-0.2, 0) is 0 Å². The second kappa shape index (κ2) is 4.45. The molecule has 1 heterocycles. The SMILES string of the molecule is Clc1ccccc1C1=NC(CBr)CC1. The third-order valence-corrected chi connectivity index (χ3v) is 3.49. The Morgan fingerprint density at radius 3 is 2.86 bits per heavy atom. The van der Waals surface area contributed by atoms with Gasteiger partial charge in [0.15, 0.2) is 0 Å². The highest BCUT2D eigenvalue weighted by Gasteiger charge is 2.18. The summed E-state index contributed by atoms with van der Waals surface area (Å²) in [7, 11) is 0. The number of aliphatic imine (C=N–C) groups is 1. The summed E-state index contributed by atoms with van der Waals surface area (Å²) in [5.74, 6) is 0. The van der Waals surface area contributed by atoms with E-state index < -0.39 is 0 Å². The summed E-state index contributed by atoms with van der Waals surface area (Å²) in [6.07, 6.45) is 2.17. The molecule has 1 aromatic carbocycles. The van der Waals surface area contributed by atoms with Crippen LogP contribution in [0.5, 0.6) is 0 Å². The average Bonchev–Trinajstić information content (AvgIpc) is 2.67. The van der Waals surface area contributed by atoms with Crippen molar-refractivity contribution in [2.75, 3.05) is 5.33 Å². The van der Waals surface area contributed by atoms with E-state index in [1.54, 1.807) is 0 Å². The van der Waals surface area contributed by atoms with Crippen LogP contribution in [0, 0.1) is 0 Å². The highest BCUT2D eigenvalue weighted by Crippen LogP contribution is 2.24. The zero-order valence-electron chi connectivity index (χ0n) is 7.71. The van der Waals surface area contributed by atoms with Gasteiger partial charge in [0.05, 0.1) is 6.04 Å². The minimum atomic E-state index is 0.432. The summed E-state index contributed by atoms with van der Waals surface area (Å²) in [6, 6.07) is 8.34. The summed E-state index contributed by atoms with van der Waals surface area (Å²) in [6.45, 7) is 0. The number of rotatable bonds is 2. The lowest BCUT2D eigenvalue weighted by molar-refractivity contribution is 0.753. The van der Waals surface area contributed by atoms with E-state index in [0.29, 0.717) is 6.04 Å². The van der Waals surface area contributed by atoms with E-state index in [2.05, 4.69) is 20.9 Å². The van der Waals surface area contributed by atoms with E-state index >= 15 is 0 Å². The monoisotopic (exact) mass is 271 g/mol. The Balaban J connectivity index is 2.28. The molecule has 0 amide bonds. The van der Waals surface area contributed by atoms with E-state index in [-0.39, 0.29) is 0 Å². The quantitative estimate of drug-likeness (QED) is 0.728. The number of benzene rings is 1. The molecule has 74 valence electrons. The molecule has 2 rings (SSSR count). The standard InChI is InChI=1S/C11H11BrClN/c12-7-8-5-6-11(14-8)9-3-1-2-4-10(9)13/h1-4,8H,5-7H2. The smallest absolute Gasteiger partial charge is 0.0603 e. The number of alkyl halides is 1. The first-order valence-corrected chi connectivity index (χ1v) is 6.18. The second-order valence-electron chi connectivity index (χ2n) is 3.40. The van der Waals surface area contributed by atoms with Crippen LogP contribution in [0.4, 0.5) is 0 Å². The summed E-state index contributed by atoms with van der Waals surface area (Å²) in [5, 5.41) is 1.75. The van der Waals surface area contributed by atoms with Crippen molar-refractivity contribution in [2.45, 2.75) is 18.9 Å². The van der Waals surface area contributed by atoms with Crippen LogP contribution >= 0.6 is 27.5 Å². The zero-order chi connectivity index (χ0) is 9.97. The molecule has 1 aromatic rings. The molecule has 0 aliphatic carbocycles. The maximum atomic E-state index is 6.10. The van der Waals surface area contributed by atoms with Crippen molar-refractivity contribution in [1.29, 1.82) is 0 Å². The largest absolute Gasteiger partial charge is 0.285 e. The molecule has 1 aliphatic rings. The lowest BCUT2D eigenvalue weighted by Crippen LogP contribution is -1.99. The molecule has 14 heavy (non-hydrogen) atoms. The molecule has 1 atom stereocenters. The van der Waals surface area contributed by atoms with Crippen molar-refractivity contribution in [3.8, 4) is 0 Å². The van der Waals surface area contributed by atoms with Gasteiger partial charge in [-0.1, -0.05) is 45.7 Å². The molecule has 0 spiro atoms. The number of hydrogen-bond acceptors (Lipinski definition) is 1. The molecule has 0 bridgehead atoms. The Morgan fingerprint density at radius 2 is 2.21 bits per heavy atom. The lowest BCUT2D eigenvalue weighted by Gasteiger charge is -2.02. The van der Waals surface area contributed by atoms with Crippen molar-refractivity contribution in [3.63, 3.8) is 0 Å². The van der Waals surface area contributed by atoms with Gasteiger partial charge in [0, 0.05) is 21.6 Å². The van der Waals surface area contributed by atoms with Gasteiger partial charge in [0.1, 0.15) is 0 Å². The molecule has 1 nitrogen and oxygen atoms in total. The van der Waals surface area contributed by atoms with Crippen LogP contribution < -0.4 is 0 Å². The summed E-state index contributed by atoms with van der Waals surface area (Å²) < 4.78 is 0. The lowest BCUT2D eigenvalue weighted by atomic mass is 10.1. The normalized spacial score (nSPS) is 21.0. The molecule has 0 saturated heterocycles. The Morgan fingerprint density at radius 1 is 1.43 bits per heavy atom. The van der Waals surface area contributed by atoms with Crippen molar-refractivity contribution >= 4 is 33.2 Å². The molecule has 0 saturated carbocycles. The molecule has 0 radical (unpaired) electrons. The predicted molar refractivity (Wildman–Crippen MR) is 64.8 cm³/mol. The van der Waals surface area contributed by atoms with Crippen molar-refractivity contribution < 1.29 is 0 Å². The van der Waals surface area contributed by atoms with Crippen molar-refractivity contribution in [2.24, 2.45) is 4.99 Å². The van der Waals surface area contributed by atoms with Gasteiger partial charge in [-0.3, -0.25) is 4.99 Å². The van der Waals surface area contributed by atoms with Gasteiger partial charge in [-0.2, -0.15) is 0 Å². The van der Waals surface area contributed by atoms with Crippen LogP contribution in [-0.4, -0.2) is 17.1 Å². The first-order valence-electron chi connectivity index (χ1n) is 4.69. The minimum absolute atomic E-state index is 0.432. The number of hydrogen-bond donors (Lipinski definition) is 0. The Bertz CT molecular complexity index is 362. The van der Waals surface area contributed by atoms with Gasteiger partial charge < -0.3 is 0 Å². The Hall–Kier alpha value is -0.340. The maximum Gasteiger partial charge on any atom is 0.0603 e. The number of halogens is 2.